The van der Waals surface area contributed by atoms with Gasteiger partial charge in [-0.15, -0.1) is 0 Å². The fourth-order valence-electron chi connectivity index (χ4n) is 2.30. The molecule has 0 heterocycles. The second kappa shape index (κ2) is 3.95. The molecule has 0 nitrogen and oxygen atoms in total. The first kappa shape index (κ1) is 8.80. The average Bonchev–Trinajstić information content (AvgIpc) is 2.32. The second-order valence-electron chi connectivity index (χ2n) is 4.12. The third-order valence-corrected chi connectivity index (χ3v) is 3.06. The summed E-state index contributed by atoms with van der Waals surface area (Å²) in [5, 5.41) is 0. The van der Waals surface area contributed by atoms with E-state index in [2.05, 4.69) is 37.3 Å². The van der Waals surface area contributed by atoms with Crippen molar-refractivity contribution in [1.82, 2.24) is 0 Å². The van der Waals surface area contributed by atoms with Crippen molar-refractivity contribution < 1.29 is 0 Å². The Balaban J connectivity index is 2.04. The van der Waals surface area contributed by atoms with Crippen molar-refractivity contribution in [2.45, 2.75) is 32.6 Å². The lowest BCUT2D eigenvalue weighted by Crippen LogP contribution is -1.95. The Kier molecular flexibility index (Phi) is 2.68. The summed E-state index contributed by atoms with van der Waals surface area (Å²) < 4.78 is 0. The van der Waals surface area contributed by atoms with Crippen LogP contribution in [0.3, 0.4) is 0 Å². The van der Waals surface area contributed by atoms with E-state index >= 15 is 0 Å². The molecular weight excluding hydrogens is 156 g/mol. The molecule has 0 N–H and O–H groups in total. The van der Waals surface area contributed by atoms with Crippen molar-refractivity contribution in [3.8, 4) is 0 Å². The van der Waals surface area contributed by atoms with Gasteiger partial charge in [0.05, 0.1) is 0 Å². The fourth-order valence-corrected chi connectivity index (χ4v) is 2.30. The Morgan fingerprint density at radius 2 is 2.15 bits per heavy atom. The maximum absolute atomic E-state index is 2.49. The van der Waals surface area contributed by atoms with Gasteiger partial charge in [0, 0.05) is 0 Å². The minimum atomic E-state index is 0.729. The lowest BCUT2D eigenvalue weighted by atomic mass is 9.96. The molecule has 0 aromatic carbocycles. The Morgan fingerprint density at radius 3 is 3.00 bits per heavy atom. The maximum atomic E-state index is 2.49. The summed E-state index contributed by atoms with van der Waals surface area (Å²) in [5.74, 6) is 1.48. The van der Waals surface area contributed by atoms with Gasteiger partial charge in [-0.05, 0) is 31.1 Å². The van der Waals surface area contributed by atoms with E-state index in [1.54, 1.807) is 5.57 Å². The third kappa shape index (κ3) is 1.93. The maximum Gasteiger partial charge on any atom is -0.00114 e. The highest BCUT2D eigenvalue weighted by Crippen LogP contribution is 2.36. The number of fused-ring (bicyclic) bond motifs is 2. The number of hydrogen-bond acceptors (Lipinski definition) is 0. The SMILES string of the molecule is CCCCC1=CC2C=CC=CC1C2. The summed E-state index contributed by atoms with van der Waals surface area (Å²) in [6.45, 7) is 2.27. The summed E-state index contributed by atoms with van der Waals surface area (Å²) in [6, 6.07) is 0. The molecule has 2 atom stereocenters. The molecule has 0 saturated carbocycles. The van der Waals surface area contributed by atoms with E-state index in [1.165, 1.54) is 25.7 Å². The Morgan fingerprint density at radius 1 is 1.31 bits per heavy atom. The molecule has 0 aliphatic heterocycles. The van der Waals surface area contributed by atoms with Crippen molar-refractivity contribution in [1.29, 1.82) is 0 Å². The molecule has 2 aliphatic carbocycles. The van der Waals surface area contributed by atoms with Gasteiger partial charge < -0.3 is 0 Å². The first-order valence-electron chi connectivity index (χ1n) is 5.45. The minimum absolute atomic E-state index is 0.729. The molecule has 70 valence electrons. The van der Waals surface area contributed by atoms with Crippen LogP contribution in [-0.4, -0.2) is 0 Å². The van der Waals surface area contributed by atoms with Gasteiger partial charge in [-0.1, -0.05) is 49.3 Å². The summed E-state index contributed by atoms with van der Waals surface area (Å²) in [7, 11) is 0. The van der Waals surface area contributed by atoms with E-state index in [0.717, 1.165) is 11.8 Å². The van der Waals surface area contributed by atoms with Crippen LogP contribution in [0.1, 0.15) is 32.6 Å². The van der Waals surface area contributed by atoms with Crippen molar-refractivity contribution in [3.63, 3.8) is 0 Å². The van der Waals surface area contributed by atoms with Gasteiger partial charge >= 0.3 is 0 Å². The lowest BCUT2D eigenvalue weighted by Gasteiger charge is -2.09. The van der Waals surface area contributed by atoms with E-state index in [9.17, 15) is 0 Å². The highest BCUT2D eigenvalue weighted by Gasteiger charge is 2.22. The van der Waals surface area contributed by atoms with Crippen LogP contribution in [0, 0.1) is 11.8 Å². The van der Waals surface area contributed by atoms with Crippen LogP contribution in [0.2, 0.25) is 0 Å². The Bertz CT molecular complexity index is 255. The van der Waals surface area contributed by atoms with Crippen molar-refractivity contribution in [3.05, 3.63) is 36.0 Å². The normalized spacial score (nSPS) is 30.4. The van der Waals surface area contributed by atoms with Crippen LogP contribution in [0.5, 0.6) is 0 Å². The van der Waals surface area contributed by atoms with Crippen molar-refractivity contribution >= 4 is 0 Å². The van der Waals surface area contributed by atoms with Crippen LogP contribution in [0.15, 0.2) is 36.0 Å². The van der Waals surface area contributed by atoms with Crippen LogP contribution < -0.4 is 0 Å². The molecule has 2 rings (SSSR count). The van der Waals surface area contributed by atoms with E-state index in [1.807, 2.05) is 0 Å². The molecule has 2 aliphatic rings. The number of allylic oxidation sites excluding steroid dienone is 6. The summed E-state index contributed by atoms with van der Waals surface area (Å²) in [6.07, 6.45) is 16.9. The first-order chi connectivity index (χ1) is 6.40. The zero-order valence-corrected chi connectivity index (χ0v) is 8.37. The summed E-state index contributed by atoms with van der Waals surface area (Å²) in [5.41, 5.74) is 1.69. The highest BCUT2D eigenvalue weighted by atomic mass is 14.3. The monoisotopic (exact) mass is 174 g/mol. The summed E-state index contributed by atoms with van der Waals surface area (Å²) in [4.78, 5) is 0. The van der Waals surface area contributed by atoms with Gasteiger partial charge in [0.25, 0.3) is 0 Å². The zero-order chi connectivity index (χ0) is 9.10. The number of hydrogen-bond donors (Lipinski definition) is 0. The second-order valence-corrected chi connectivity index (χ2v) is 4.12. The molecule has 0 saturated heterocycles. The molecule has 0 fully saturated rings. The van der Waals surface area contributed by atoms with Gasteiger partial charge in [0.1, 0.15) is 0 Å². The third-order valence-electron chi connectivity index (χ3n) is 3.06. The standard InChI is InChI=1S/C13H18/c1-2-3-7-12-9-11-6-4-5-8-13(12)10-11/h4-6,8-9,11,13H,2-3,7,10H2,1H3. The van der Waals surface area contributed by atoms with Crippen LogP contribution in [-0.2, 0) is 0 Å². The van der Waals surface area contributed by atoms with Gasteiger partial charge in [-0.25, -0.2) is 0 Å². The van der Waals surface area contributed by atoms with Crippen LogP contribution in [0.25, 0.3) is 0 Å². The number of unbranched alkanes of at least 4 members (excludes halogenated alkanes) is 1. The quantitative estimate of drug-likeness (QED) is 0.570. The minimum Gasteiger partial charge on any atom is -0.0778 e. The van der Waals surface area contributed by atoms with Crippen LogP contribution in [0.4, 0.5) is 0 Å². The highest BCUT2D eigenvalue weighted by molar-refractivity contribution is 5.28. The van der Waals surface area contributed by atoms with Gasteiger partial charge in [-0.2, -0.15) is 0 Å². The molecule has 0 amide bonds. The number of rotatable bonds is 3. The molecule has 0 heteroatoms. The predicted molar refractivity (Wildman–Crippen MR) is 57.5 cm³/mol. The van der Waals surface area contributed by atoms with Gasteiger partial charge in [-0.3, -0.25) is 0 Å². The molecule has 0 aromatic rings. The molecule has 0 radical (unpaired) electrons. The predicted octanol–water partition coefficient (Wildman–Crippen LogP) is 3.87. The smallest absolute Gasteiger partial charge is 0.00114 e. The van der Waals surface area contributed by atoms with E-state index in [4.69, 9.17) is 0 Å². The Labute approximate surface area is 81.0 Å². The molecule has 0 aromatic heterocycles. The molecule has 0 spiro atoms. The molecule has 2 bridgehead atoms. The largest absolute Gasteiger partial charge is 0.0778 e. The molecular formula is C13H18. The zero-order valence-electron chi connectivity index (χ0n) is 8.37. The average molecular weight is 174 g/mol. The van der Waals surface area contributed by atoms with Gasteiger partial charge in [0.15, 0.2) is 0 Å². The lowest BCUT2D eigenvalue weighted by molar-refractivity contribution is 0.638. The fraction of sp³-hybridized carbons (Fsp3) is 0.538. The summed E-state index contributed by atoms with van der Waals surface area (Å²) >= 11 is 0. The molecule has 2 unspecified atom stereocenters. The topological polar surface area (TPSA) is 0 Å². The Hall–Kier alpha value is -0.780. The first-order valence-corrected chi connectivity index (χ1v) is 5.45. The van der Waals surface area contributed by atoms with E-state index in [-0.39, 0.29) is 0 Å². The van der Waals surface area contributed by atoms with Crippen molar-refractivity contribution in [2.24, 2.45) is 11.8 Å². The van der Waals surface area contributed by atoms with E-state index < -0.39 is 0 Å². The van der Waals surface area contributed by atoms with Crippen LogP contribution >= 0.6 is 0 Å². The van der Waals surface area contributed by atoms with Crippen molar-refractivity contribution in [2.75, 3.05) is 0 Å². The van der Waals surface area contributed by atoms with Gasteiger partial charge in [0.2, 0.25) is 0 Å². The van der Waals surface area contributed by atoms with E-state index in [0.29, 0.717) is 0 Å². The molecule has 13 heavy (non-hydrogen) atoms.